The van der Waals surface area contributed by atoms with Gasteiger partial charge in [-0.1, -0.05) is 0 Å². The summed E-state index contributed by atoms with van der Waals surface area (Å²) >= 11 is 1.21. The van der Waals surface area contributed by atoms with Crippen molar-refractivity contribution in [1.29, 1.82) is 0 Å². The summed E-state index contributed by atoms with van der Waals surface area (Å²) in [4.78, 5) is 0.474. The molecular formula is C8H9F3N2S. The first kappa shape index (κ1) is 11.2. The highest BCUT2D eigenvalue weighted by Crippen LogP contribution is 2.34. The fourth-order valence-electron chi connectivity index (χ4n) is 0.987. The molecule has 3 N–H and O–H groups in total. The van der Waals surface area contributed by atoms with Gasteiger partial charge in [-0.25, -0.2) is 0 Å². The van der Waals surface area contributed by atoms with Gasteiger partial charge in [-0.3, -0.25) is 5.84 Å². The Bertz CT molecular complexity index is 325. The van der Waals surface area contributed by atoms with E-state index in [1.54, 1.807) is 6.26 Å². The second kappa shape index (κ2) is 4.10. The second-order valence-electron chi connectivity index (χ2n) is 2.56. The molecule has 0 aromatic heterocycles. The van der Waals surface area contributed by atoms with Gasteiger partial charge in [-0.2, -0.15) is 13.2 Å². The van der Waals surface area contributed by atoms with Gasteiger partial charge < -0.3 is 5.43 Å². The number of thioether (sulfide) groups is 1. The van der Waals surface area contributed by atoms with Crippen LogP contribution in [-0.4, -0.2) is 6.26 Å². The first-order chi connectivity index (χ1) is 6.49. The minimum absolute atomic E-state index is 0.474. The van der Waals surface area contributed by atoms with Gasteiger partial charge in [0, 0.05) is 4.90 Å². The topological polar surface area (TPSA) is 38.0 Å². The maximum Gasteiger partial charge on any atom is 0.416 e. The quantitative estimate of drug-likeness (QED) is 0.459. The fraction of sp³-hybridized carbons (Fsp3) is 0.250. The van der Waals surface area contributed by atoms with Crippen molar-refractivity contribution in [2.75, 3.05) is 11.7 Å². The van der Waals surface area contributed by atoms with E-state index in [0.29, 0.717) is 10.6 Å². The van der Waals surface area contributed by atoms with E-state index in [1.807, 2.05) is 0 Å². The van der Waals surface area contributed by atoms with Gasteiger partial charge in [0.1, 0.15) is 0 Å². The van der Waals surface area contributed by atoms with E-state index in [4.69, 9.17) is 5.84 Å². The number of nitrogens with two attached hydrogens (primary N) is 1. The summed E-state index contributed by atoms with van der Waals surface area (Å²) in [5.74, 6) is 5.14. The van der Waals surface area contributed by atoms with Crippen LogP contribution in [0.25, 0.3) is 0 Å². The molecule has 0 amide bonds. The van der Waals surface area contributed by atoms with Crippen LogP contribution in [0.4, 0.5) is 18.9 Å². The van der Waals surface area contributed by atoms with Gasteiger partial charge >= 0.3 is 6.18 Å². The number of hydrogen-bond donors (Lipinski definition) is 2. The summed E-state index contributed by atoms with van der Waals surface area (Å²) < 4.78 is 36.8. The summed E-state index contributed by atoms with van der Waals surface area (Å²) in [6.07, 6.45) is -2.62. The summed E-state index contributed by atoms with van der Waals surface area (Å²) in [6, 6.07) is 3.38. The Morgan fingerprint density at radius 2 is 2.00 bits per heavy atom. The SMILES string of the molecule is CSc1cc(C(F)(F)F)ccc1NN. The highest BCUT2D eigenvalue weighted by Gasteiger charge is 2.30. The fourth-order valence-corrected chi connectivity index (χ4v) is 1.58. The summed E-state index contributed by atoms with van der Waals surface area (Å²) in [5.41, 5.74) is 2.16. The summed E-state index contributed by atoms with van der Waals surface area (Å²) in [6.45, 7) is 0. The van der Waals surface area contributed by atoms with Gasteiger partial charge in [0.2, 0.25) is 0 Å². The van der Waals surface area contributed by atoms with Crippen molar-refractivity contribution in [3.05, 3.63) is 23.8 Å². The number of hydrazine groups is 1. The summed E-state index contributed by atoms with van der Waals surface area (Å²) in [5, 5.41) is 0. The molecule has 0 saturated heterocycles. The van der Waals surface area contributed by atoms with Crippen molar-refractivity contribution >= 4 is 17.4 Å². The predicted octanol–water partition coefficient (Wildman–Crippen LogP) is 2.71. The van der Waals surface area contributed by atoms with Crippen LogP contribution >= 0.6 is 11.8 Å². The third-order valence-electron chi connectivity index (χ3n) is 1.68. The Labute approximate surface area is 83.6 Å². The van der Waals surface area contributed by atoms with Crippen molar-refractivity contribution in [2.24, 2.45) is 5.84 Å². The largest absolute Gasteiger partial charge is 0.416 e. The minimum Gasteiger partial charge on any atom is -0.323 e. The van der Waals surface area contributed by atoms with E-state index < -0.39 is 11.7 Å². The molecule has 0 aliphatic rings. The van der Waals surface area contributed by atoms with Gasteiger partial charge in [0.05, 0.1) is 11.3 Å². The van der Waals surface area contributed by atoms with E-state index in [2.05, 4.69) is 5.43 Å². The third-order valence-corrected chi connectivity index (χ3v) is 2.46. The van der Waals surface area contributed by atoms with Crippen LogP contribution in [0.5, 0.6) is 0 Å². The zero-order chi connectivity index (χ0) is 10.8. The molecule has 0 bridgehead atoms. The zero-order valence-electron chi connectivity index (χ0n) is 7.35. The molecule has 6 heteroatoms. The van der Waals surface area contributed by atoms with Gasteiger partial charge in [-0.15, -0.1) is 11.8 Å². The van der Waals surface area contributed by atoms with Crippen molar-refractivity contribution < 1.29 is 13.2 Å². The predicted molar refractivity (Wildman–Crippen MR) is 51.0 cm³/mol. The van der Waals surface area contributed by atoms with E-state index in [-0.39, 0.29) is 0 Å². The molecule has 1 aromatic carbocycles. The van der Waals surface area contributed by atoms with Crippen LogP contribution in [0, 0.1) is 0 Å². The van der Waals surface area contributed by atoms with Crippen LogP contribution in [0.15, 0.2) is 23.1 Å². The molecule has 0 atom stereocenters. The first-order valence-electron chi connectivity index (χ1n) is 3.71. The van der Waals surface area contributed by atoms with Crippen LogP contribution < -0.4 is 11.3 Å². The van der Waals surface area contributed by atoms with Crippen LogP contribution in [0.3, 0.4) is 0 Å². The van der Waals surface area contributed by atoms with E-state index in [0.717, 1.165) is 12.1 Å². The molecule has 0 radical (unpaired) electrons. The smallest absolute Gasteiger partial charge is 0.323 e. The molecule has 1 aromatic rings. The lowest BCUT2D eigenvalue weighted by Gasteiger charge is -2.11. The van der Waals surface area contributed by atoms with E-state index >= 15 is 0 Å². The van der Waals surface area contributed by atoms with E-state index in [9.17, 15) is 13.2 Å². The van der Waals surface area contributed by atoms with Crippen molar-refractivity contribution in [3.63, 3.8) is 0 Å². The standard InChI is InChI=1S/C8H9F3N2S/c1-14-7-4-5(8(9,10)11)2-3-6(7)13-12/h2-4,13H,12H2,1H3. The van der Waals surface area contributed by atoms with Crippen LogP contribution in [0.1, 0.15) is 5.56 Å². The zero-order valence-corrected chi connectivity index (χ0v) is 8.17. The normalized spacial score (nSPS) is 11.5. The van der Waals surface area contributed by atoms with Crippen molar-refractivity contribution in [1.82, 2.24) is 0 Å². The molecule has 0 fully saturated rings. The number of benzene rings is 1. The third kappa shape index (κ3) is 2.33. The lowest BCUT2D eigenvalue weighted by atomic mass is 10.2. The molecule has 78 valence electrons. The maximum absolute atomic E-state index is 12.3. The number of alkyl halides is 3. The number of nitrogens with one attached hydrogen (secondary N) is 1. The molecule has 0 unspecified atom stereocenters. The van der Waals surface area contributed by atoms with Gasteiger partial charge in [0.15, 0.2) is 0 Å². The lowest BCUT2D eigenvalue weighted by molar-refractivity contribution is -0.137. The Morgan fingerprint density at radius 3 is 2.43 bits per heavy atom. The molecule has 0 spiro atoms. The molecule has 0 saturated carbocycles. The Hall–Kier alpha value is -0.880. The molecular weight excluding hydrogens is 213 g/mol. The molecule has 14 heavy (non-hydrogen) atoms. The Balaban J connectivity index is 3.14. The number of hydrogen-bond acceptors (Lipinski definition) is 3. The summed E-state index contributed by atoms with van der Waals surface area (Å²) in [7, 11) is 0. The number of anilines is 1. The van der Waals surface area contributed by atoms with Crippen LogP contribution in [-0.2, 0) is 6.18 Å². The highest BCUT2D eigenvalue weighted by molar-refractivity contribution is 7.98. The average Bonchev–Trinajstić information content (AvgIpc) is 2.15. The molecule has 1 rings (SSSR count). The number of nitrogen functional groups attached to an aromatic ring is 1. The molecule has 0 aliphatic heterocycles. The van der Waals surface area contributed by atoms with E-state index in [1.165, 1.54) is 17.8 Å². The number of halogens is 3. The highest BCUT2D eigenvalue weighted by atomic mass is 32.2. The average molecular weight is 222 g/mol. The van der Waals surface area contributed by atoms with Crippen LogP contribution in [0.2, 0.25) is 0 Å². The van der Waals surface area contributed by atoms with Gasteiger partial charge in [-0.05, 0) is 24.5 Å². The Morgan fingerprint density at radius 1 is 1.36 bits per heavy atom. The second-order valence-corrected chi connectivity index (χ2v) is 3.41. The first-order valence-corrected chi connectivity index (χ1v) is 4.93. The maximum atomic E-state index is 12.3. The molecule has 0 heterocycles. The van der Waals surface area contributed by atoms with Crippen molar-refractivity contribution in [3.8, 4) is 0 Å². The number of rotatable bonds is 2. The monoisotopic (exact) mass is 222 g/mol. The minimum atomic E-state index is -4.31. The Kier molecular flexibility index (Phi) is 3.28. The van der Waals surface area contributed by atoms with Crippen molar-refractivity contribution in [2.45, 2.75) is 11.1 Å². The molecule has 0 aliphatic carbocycles. The lowest BCUT2D eigenvalue weighted by Crippen LogP contribution is -2.10. The molecule has 2 nitrogen and oxygen atoms in total. The van der Waals surface area contributed by atoms with Gasteiger partial charge in [0.25, 0.3) is 0 Å².